The van der Waals surface area contributed by atoms with E-state index in [2.05, 4.69) is 15.0 Å². The SMILES string of the molecule is O=C=NCC(N=C=O)(N=C=O)C(CO)(CO)CO. The summed E-state index contributed by atoms with van der Waals surface area (Å²) in [7, 11) is 0. The zero-order valence-corrected chi connectivity index (χ0v) is 9.24. The number of rotatable bonds is 8. The molecule has 0 atom stereocenters. The van der Waals surface area contributed by atoms with E-state index in [4.69, 9.17) is 0 Å². The molecular weight excluding hydrogens is 246 g/mol. The summed E-state index contributed by atoms with van der Waals surface area (Å²) in [6, 6.07) is 0. The third kappa shape index (κ3) is 2.82. The van der Waals surface area contributed by atoms with Crippen LogP contribution in [0.1, 0.15) is 0 Å². The van der Waals surface area contributed by atoms with Crippen molar-refractivity contribution in [3.63, 3.8) is 0 Å². The van der Waals surface area contributed by atoms with Crippen molar-refractivity contribution < 1.29 is 29.7 Å². The first-order chi connectivity index (χ1) is 8.61. The standard InChI is InChI=1S/C9H11N3O6/c13-2-8(3-14,4-15)9(11-6-17,12-7-18)1-10-5-16/h13-15H,1-4H2. The number of carbonyl (C=O) groups excluding carboxylic acids is 3. The maximum atomic E-state index is 10.4. The van der Waals surface area contributed by atoms with Gasteiger partial charge in [-0.1, -0.05) is 0 Å². The van der Waals surface area contributed by atoms with E-state index in [1.165, 1.54) is 0 Å². The molecule has 0 aromatic carbocycles. The van der Waals surface area contributed by atoms with Crippen LogP contribution in [0.2, 0.25) is 0 Å². The highest BCUT2D eigenvalue weighted by Gasteiger charge is 2.52. The first-order valence-electron chi connectivity index (χ1n) is 4.66. The van der Waals surface area contributed by atoms with E-state index in [0.29, 0.717) is 0 Å². The van der Waals surface area contributed by atoms with E-state index in [0.717, 1.165) is 18.2 Å². The number of aliphatic hydroxyl groups excluding tert-OH is 3. The van der Waals surface area contributed by atoms with Crippen molar-refractivity contribution in [1.82, 2.24) is 0 Å². The van der Waals surface area contributed by atoms with Gasteiger partial charge in [0.15, 0.2) is 0 Å². The van der Waals surface area contributed by atoms with Crippen LogP contribution in [0.5, 0.6) is 0 Å². The quantitative estimate of drug-likeness (QED) is 0.327. The van der Waals surface area contributed by atoms with Crippen molar-refractivity contribution in [2.24, 2.45) is 20.4 Å². The molecule has 9 heteroatoms. The van der Waals surface area contributed by atoms with Gasteiger partial charge < -0.3 is 15.3 Å². The summed E-state index contributed by atoms with van der Waals surface area (Å²) in [5.74, 6) is 0. The van der Waals surface area contributed by atoms with Crippen molar-refractivity contribution >= 4 is 18.2 Å². The minimum atomic E-state index is -2.16. The summed E-state index contributed by atoms with van der Waals surface area (Å²) in [5.41, 5.74) is -4.03. The lowest BCUT2D eigenvalue weighted by molar-refractivity contribution is -0.0452. The van der Waals surface area contributed by atoms with E-state index < -0.39 is 37.4 Å². The van der Waals surface area contributed by atoms with Gasteiger partial charge in [0, 0.05) is 0 Å². The Morgan fingerprint density at radius 1 is 0.833 bits per heavy atom. The lowest BCUT2D eigenvalue weighted by atomic mass is 9.77. The van der Waals surface area contributed by atoms with Gasteiger partial charge in [-0.3, -0.25) is 0 Å². The number of isocyanates is 3. The lowest BCUT2D eigenvalue weighted by Gasteiger charge is -2.38. The summed E-state index contributed by atoms with van der Waals surface area (Å²) >= 11 is 0. The molecule has 0 radical (unpaired) electrons. The Kier molecular flexibility index (Phi) is 6.56. The fourth-order valence-electron chi connectivity index (χ4n) is 1.32. The lowest BCUT2D eigenvalue weighted by Crippen LogP contribution is -2.55. The number of hydrogen-bond donors (Lipinski definition) is 3. The minimum absolute atomic E-state index is 0.678. The molecule has 0 aliphatic heterocycles. The molecule has 0 spiro atoms. The highest BCUT2D eigenvalue weighted by Crippen LogP contribution is 2.35. The van der Waals surface area contributed by atoms with Crippen LogP contribution < -0.4 is 0 Å². The summed E-state index contributed by atoms with van der Waals surface area (Å²) in [4.78, 5) is 40.3. The largest absolute Gasteiger partial charge is 0.395 e. The van der Waals surface area contributed by atoms with Crippen LogP contribution in [0.4, 0.5) is 0 Å². The van der Waals surface area contributed by atoms with Crippen LogP contribution in [0, 0.1) is 5.41 Å². The van der Waals surface area contributed by atoms with Crippen molar-refractivity contribution in [2.45, 2.75) is 5.66 Å². The van der Waals surface area contributed by atoms with Crippen molar-refractivity contribution in [3.05, 3.63) is 0 Å². The van der Waals surface area contributed by atoms with Crippen LogP contribution in [0.15, 0.2) is 15.0 Å². The summed E-state index contributed by atoms with van der Waals surface area (Å²) in [6.45, 7) is -3.29. The van der Waals surface area contributed by atoms with Gasteiger partial charge in [0.05, 0.1) is 31.8 Å². The number of hydrogen-bond acceptors (Lipinski definition) is 9. The van der Waals surface area contributed by atoms with Gasteiger partial charge in [0.1, 0.15) is 0 Å². The molecule has 0 aromatic heterocycles. The smallest absolute Gasteiger partial charge is 0.237 e. The average molecular weight is 257 g/mol. The topological polar surface area (TPSA) is 149 Å². The predicted octanol–water partition coefficient (Wildman–Crippen LogP) is -2.35. The molecule has 0 fully saturated rings. The minimum Gasteiger partial charge on any atom is -0.395 e. The van der Waals surface area contributed by atoms with Crippen molar-refractivity contribution in [1.29, 1.82) is 0 Å². The Balaban J connectivity index is 6.01. The zero-order valence-electron chi connectivity index (χ0n) is 9.24. The molecule has 0 heterocycles. The van der Waals surface area contributed by atoms with Crippen molar-refractivity contribution in [2.75, 3.05) is 26.4 Å². The molecule has 0 amide bonds. The van der Waals surface area contributed by atoms with Crippen LogP contribution in [-0.4, -0.2) is 65.6 Å². The Labute approximate surface area is 101 Å². The van der Waals surface area contributed by atoms with Gasteiger partial charge in [-0.05, 0) is 0 Å². The normalized spacial score (nSPS) is 13.5. The molecule has 3 N–H and O–H groups in total. The van der Waals surface area contributed by atoms with Crippen LogP contribution in [0.3, 0.4) is 0 Å². The molecule has 0 rings (SSSR count). The van der Waals surface area contributed by atoms with Crippen LogP contribution >= 0.6 is 0 Å². The summed E-state index contributed by atoms with van der Waals surface area (Å²) in [6.07, 6.45) is 3.31. The summed E-state index contributed by atoms with van der Waals surface area (Å²) in [5, 5.41) is 27.7. The molecule has 98 valence electrons. The van der Waals surface area contributed by atoms with Crippen molar-refractivity contribution in [3.8, 4) is 0 Å². The molecule has 0 aliphatic carbocycles. The maximum absolute atomic E-state index is 10.4. The number of aliphatic imine (C=N–C) groups is 3. The van der Waals surface area contributed by atoms with Gasteiger partial charge in [0.2, 0.25) is 23.9 Å². The second-order valence-electron chi connectivity index (χ2n) is 3.38. The van der Waals surface area contributed by atoms with E-state index in [1.54, 1.807) is 0 Å². The first-order valence-corrected chi connectivity index (χ1v) is 4.66. The predicted molar refractivity (Wildman–Crippen MR) is 55.7 cm³/mol. The number of nitrogens with zero attached hydrogens (tertiary/aromatic N) is 3. The third-order valence-corrected chi connectivity index (χ3v) is 2.58. The fourth-order valence-corrected chi connectivity index (χ4v) is 1.32. The molecule has 0 unspecified atom stereocenters. The Morgan fingerprint density at radius 2 is 1.28 bits per heavy atom. The average Bonchev–Trinajstić information content (AvgIpc) is 2.39. The van der Waals surface area contributed by atoms with Gasteiger partial charge in [-0.2, -0.15) is 9.98 Å². The molecule has 18 heavy (non-hydrogen) atoms. The fraction of sp³-hybridized carbons (Fsp3) is 0.667. The highest BCUT2D eigenvalue weighted by molar-refractivity contribution is 5.41. The van der Waals surface area contributed by atoms with E-state index in [-0.39, 0.29) is 0 Å². The van der Waals surface area contributed by atoms with Gasteiger partial charge in [-0.25, -0.2) is 19.4 Å². The highest BCUT2D eigenvalue weighted by atomic mass is 16.3. The molecule has 0 saturated carbocycles. The third-order valence-electron chi connectivity index (χ3n) is 2.58. The molecule has 0 aliphatic rings. The van der Waals surface area contributed by atoms with E-state index >= 15 is 0 Å². The van der Waals surface area contributed by atoms with E-state index in [9.17, 15) is 29.7 Å². The van der Waals surface area contributed by atoms with Gasteiger partial charge >= 0.3 is 0 Å². The van der Waals surface area contributed by atoms with Gasteiger partial charge in [0.25, 0.3) is 0 Å². The Hall–Kier alpha value is -1.98. The monoisotopic (exact) mass is 257 g/mol. The second-order valence-corrected chi connectivity index (χ2v) is 3.38. The molecule has 0 bridgehead atoms. The molecule has 9 nitrogen and oxygen atoms in total. The van der Waals surface area contributed by atoms with Crippen LogP contribution in [-0.2, 0) is 14.4 Å². The van der Waals surface area contributed by atoms with Gasteiger partial charge in [-0.15, -0.1) is 0 Å². The Morgan fingerprint density at radius 3 is 1.56 bits per heavy atom. The van der Waals surface area contributed by atoms with Crippen LogP contribution in [0.25, 0.3) is 0 Å². The summed E-state index contributed by atoms with van der Waals surface area (Å²) < 4.78 is 0. The maximum Gasteiger partial charge on any atom is 0.237 e. The van der Waals surface area contributed by atoms with E-state index in [1.807, 2.05) is 0 Å². The second kappa shape index (κ2) is 7.37. The zero-order chi connectivity index (χ0) is 14.1. The first kappa shape index (κ1) is 16.0. The molecule has 0 aromatic rings. The number of aliphatic hydroxyl groups is 3. The molecular formula is C9H11N3O6. The Bertz CT molecular complexity index is 388. The molecule has 0 saturated heterocycles.